The topological polar surface area (TPSA) is 20.2 Å². The molecular formula is C15H22ClN3. The first-order chi connectivity index (χ1) is 9.16. The lowest BCUT2D eigenvalue weighted by atomic mass is 10.2. The van der Waals surface area contributed by atoms with E-state index in [4.69, 9.17) is 11.6 Å². The smallest absolute Gasteiger partial charge is 0.0481 e. The summed E-state index contributed by atoms with van der Waals surface area (Å²) in [5.74, 6) is 0. The summed E-state index contributed by atoms with van der Waals surface area (Å²) in [6.07, 6.45) is 3.32. The second-order valence-electron chi connectivity index (χ2n) is 5.12. The van der Waals surface area contributed by atoms with Gasteiger partial charge >= 0.3 is 0 Å². The van der Waals surface area contributed by atoms with Gasteiger partial charge in [0.25, 0.3) is 0 Å². The van der Waals surface area contributed by atoms with Crippen LogP contribution < -0.4 is 5.32 Å². The van der Waals surface area contributed by atoms with Crippen LogP contribution in [0.3, 0.4) is 0 Å². The summed E-state index contributed by atoms with van der Waals surface area (Å²) in [6.45, 7) is 4.20. The van der Waals surface area contributed by atoms with E-state index < -0.39 is 0 Å². The Bertz CT molecular complexity index is 519. The third kappa shape index (κ3) is 4.23. The van der Waals surface area contributed by atoms with Crippen LogP contribution in [0.4, 0.5) is 0 Å². The van der Waals surface area contributed by atoms with Crippen LogP contribution in [0.5, 0.6) is 0 Å². The number of rotatable bonds is 7. The van der Waals surface area contributed by atoms with E-state index >= 15 is 0 Å². The first-order valence-electron chi connectivity index (χ1n) is 6.76. The van der Waals surface area contributed by atoms with E-state index in [0.717, 1.165) is 31.2 Å². The van der Waals surface area contributed by atoms with E-state index in [1.165, 1.54) is 17.3 Å². The molecule has 0 spiro atoms. The van der Waals surface area contributed by atoms with Crippen molar-refractivity contribution in [3.05, 3.63) is 35.5 Å². The van der Waals surface area contributed by atoms with E-state index in [9.17, 15) is 0 Å². The molecule has 0 aliphatic carbocycles. The van der Waals surface area contributed by atoms with Gasteiger partial charge in [-0.25, -0.2) is 0 Å². The highest BCUT2D eigenvalue weighted by molar-refractivity contribution is 6.31. The van der Waals surface area contributed by atoms with Crippen molar-refractivity contribution in [2.24, 2.45) is 0 Å². The maximum absolute atomic E-state index is 5.99. The van der Waals surface area contributed by atoms with Gasteiger partial charge in [0.15, 0.2) is 0 Å². The Hall–Kier alpha value is -1.03. The van der Waals surface area contributed by atoms with Crippen LogP contribution in [0, 0.1) is 0 Å². The summed E-state index contributed by atoms with van der Waals surface area (Å²) >= 11 is 5.99. The van der Waals surface area contributed by atoms with E-state index in [-0.39, 0.29) is 0 Å². The number of benzene rings is 1. The predicted molar refractivity (Wildman–Crippen MR) is 83.0 cm³/mol. The second-order valence-corrected chi connectivity index (χ2v) is 5.56. The maximum Gasteiger partial charge on any atom is 0.0481 e. The molecular weight excluding hydrogens is 258 g/mol. The van der Waals surface area contributed by atoms with E-state index in [0.29, 0.717) is 0 Å². The van der Waals surface area contributed by atoms with Crippen molar-refractivity contribution >= 4 is 22.5 Å². The first-order valence-corrected chi connectivity index (χ1v) is 7.14. The summed E-state index contributed by atoms with van der Waals surface area (Å²) in [4.78, 5) is 2.21. The number of nitrogens with zero attached hydrogens (tertiary/aromatic N) is 2. The SMILES string of the molecule is CN(C)CCCNCCn1ccc2cc(Cl)ccc21. The normalized spacial score (nSPS) is 11.6. The predicted octanol–water partition coefficient (Wildman–Crippen LogP) is 2.84. The van der Waals surface area contributed by atoms with Gasteiger partial charge in [0.05, 0.1) is 0 Å². The molecule has 0 fully saturated rings. The molecule has 3 nitrogen and oxygen atoms in total. The first kappa shape index (κ1) is 14.4. The highest BCUT2D eigenvalue weighted by Gasteiger charge is 2.01. The number of halogens is 1. The molecule has 0 bridgehead atoms. The lowest BCUT2D eigenvalue weighted by Crippen LogP contribution is -2.24. The minimum Gasteiger partial charge on any atom is -0.346 e. The highest BCUT2D eigenvalue weighted by Crippen LogP contribution is 2.20. The van der Waals surface area contributed by atoms with Gasteiger partial charge in [0.2, 0.25) is 0 Å². The molecule has 1 aromatic carbocycles. The number of nitrogens with one attached hydrogen (secondary N) is 1. The monoisotopic (exact) mass is 279 g/mol. The van der Waals surface area contributed by atoms with Crippen molar-refractivity contribution in [1.82, 2.24) is 14.8 Å². The zero-order valence-electron chi connectivity index (χ0n) is 11.7. The van der Waals surface area contributed by atoms with Gasteiger partial charge in [-0.05, 0) is 57.9 Å². The Morgan fingerprint density at radius 2 is 2.05 bits per heavy atom. The molecule has 1 aromatic heterocycles. The second kappa shape index (κ2) is 6.94. The molecule has 0 saturated heterocycles. The van der Waals surface area contributed by atoms with Crippen LogP contribution >= 0.6 is 11.6 Å². The van der Waals surface area contributed by atoms with Crippen molar-refractivity contribution < 1.29 is 0 Å². The minimum atomic E-state index is 0.798. The Morgan fingerprint density at radius 1 is 1.21 bits per heavy atom. The number of fused-ring (bicyclic) bond motifs is 1. The highest BCUT2D eigenvalue weighted by atomic mass is 35.5. The molecule has 0 aliphatic heterocycles. The van der Waals surface area contributed by atoms with Crippen LogP contribution in [-0.4, -0.2) is 43.2 Å². The Kier molecular flexibility index (Phi) is 5.25. The van der Waals surface area contributed by atoms with Crippen molar-refractivity contribution in [2.45, 2.75) is 13.0 Å². The molecule has 19 heavy (non-hydrogen) atoms. The average molecular weight is 280 g/mol. The van der Waals surface area contributed by atoms with Crippen LogP contribution in [0.25, 0.3) is 10.9 Å². The molecule has 0 radical (unpaired) electrons. The molecule has 1 N–H and O–H groups in total. The summed E-state index contributed by atoms with van der Waals surface area (Å²) in [5, 5.41) is 5.49. The number of hydrogen-bond acceptors (Lipinski definition) is 2. The van der Waals surface area contributed by atoms with E-state index in [2.05, 4.69) is 47.2 Å². The average Bonchev–Trinajstić information content (AvgIpc) is 2.75. The molecule has 0 saturated carbocycles. The molecule has 0 aliphatic rings. The molecule has 104 valence electrons. The molecule has 2 aromatic rings. The molecule has 1 heterocycles. The van der Waals surface area contributed by atoms with Gasteiger partial charge in [-0.3, -0.25) is 0 Å². The molecule has 2 rings (SSSR count). The summed E-state index contributed by atoms with van der Waals surface area (Å²) < 4.78 is 2.27. The Morgan fingerprint density at radius 3 is 2.84 bits per heavy atom. The zero-order valence-corrected chi connectivity index (χ0v) is 12.5. The van der Waals surface area contributed by atoms with Crippen molar-refractivity contribution in [3.8, 4) is 0 Å². The zero-order chi connectivity index (χ0) is 13.7. The third-order valence-electron chi connectivity index (χ3n) is 3.22. The Labute approximate surface area is 120 Å². The number of hydrogen-bond donors (Lipinski definition) is 1. The van der Waals surface area contributed by atoms with E-state index in [1.807, 2.05) is 12.1 Å². The molecule has 0 unspecified atom stereocenters. The Balaban J connectivity index is 1.79. The summed E-state index contributed by atoms with van der Waals surface area (Å²) in [5.41, 5.74) is 1.25. The fourth-order valence-electron chi connectivity index (χ4n) is 2.21. The van der Waals surface area contributed by atoms with Gasteiger partial charge in [0.1, 0.15) is 0 Å². The maximum atomic E-state index is 5.99. The van der Waals surface area contributed by atoms with Crippen LogP contribution in [0.1, 0.15) is 6.42 Å². The van der Waals surface area contributed by atoms with Crippen LogP contribution in [0.15, 0.2) is 30.5 Å². The fraction of sp³-hybridized carbons (Fsp3) is 0.467. The summed E-state index contributed by atoms with van der Waals surface area (Å²) in [7, 11) is 4.22. The van der Waals surface area contributed by atoms with Gasteiger partial charge < -0.3 is 14.8 Å². The number of aromatic nitrogens is 1. The van der Waals surface area contributed by atoms with Crippen LogP contribution in [-0.2, 0) is 6.54 Å². The largest absolute Gasteiger partial charge is 0.346 e. The molecule has 4 heteroatoms. The summed E-state index contributed by atoms with van der Waals surface area (Å²) in [6, 6.07) is 8.17. The van der Waals surface area contributed by atoms with Gasteiger partial charge in [-0.2, -0.15) is 0 Å². The lowest BCUT2D eigenvalue weighted by molar-refractivity contribution is 0.393. The van der Waals surface area contributed by atoms with Crippen molar-refractivity contribution in [2.75, 3.05) is 33.7 Å². The van der Waals surface area contributed by atoms with Gasteiger partial charge in [0, 0.05) is 35.2 Å². The molecule has 0 amide bonds. The van der Waals surface area contributed by atoms with Gasteiger partial charge in [-0.15, -0.1) is 0 Å². The van der Waals surface area contributed by atoms with E-state index in [1.54, 1.807) is 0 Å². The van der Waals surface area contributed by atoms with Crippen LogP contribution in [0.2, 0.25) is 5.02 Å². The lowest BCUT2D eigenvalue weighted by Gasteiger charge is -2.10. The van der Waals surface area contributed by atoms with Gasteiger partial charge in [-0.1, -0.05) is 11.6 Å². The minimum absolute atomic E-state index is 0.798. The van der Waals surface area contributed by atoms with Crippen molar-refractivity contribution in [3.63, 3.8) is 0 Å². The third-order valence-corrected chi connectivity index (χ3v) is 3.46. The molecule has 0 atom stereocenters. The quantitative estimate of drug-likeness (QED) is 0.787. The standard InChI is InChI=1S/C15H22ClN3/c1-18(2)9-3-7-17-8-11-19-10-6-13-12-14(16)4-5-15(13)19/h4-6,10,12,17H,3,7-9,11H2,1-2H3. The van der Waals surface area contributed by atoms with Crippen molar-refractivity contribution in [1.29, 1.82) is 0 Å². The fourth-order valence-corrected chi connectivity index (χ4v) is 2.39.